The molecule has 0 heterocycles. The lowest BCUT2D eigenvalue weighted by Crippen LogP contribution is -2.40. The quantitative estimate of drug-likeness (QED) is 0.497. The fourth-order valence-electron chi connectivity index (χ4n) is 4.55. The van der Waals surface area contributed by atoms with Crippen LogP contribution in [0.1, 0.15) is 93.4 Å². The van der Waals surface area contributed by atoms with Gasteiger partial charge in [-0.05, 0) is 47.8 Å². The Hall–Kier alpha value is 0. The highest BCUT2D eigenvalue weighted by Crippen LogP contribution is 2.51. The molecular weight excluding hydrogens is 228 g/mol. The molecule has 114 valence electrons. The monoisotopic (exact) mass is 266 g/mol. The van der Waals surface area contributed by atoms with Crippen molar-refractivity contribution in [2.75, 3.05) is 0 Å². The van der Waals surface area contributed by atoms with E-state index in [0.29, 0.717) is 10.8 Å². The van der Waals surface area contributed by atoms with E-state index in [4.69, 9.17) is 0 Å². The first-order chi connectivity index (χ1) is 8.65. The van der Waals surface area contributed by atoms with Crippen molar-refractivity contribution >= 4 is 0 Å². The van der Waals surface area contributed by atoms with Crippen molar-refractivity contribution in [1.82, 2.24) is 0 Å². The summed E-state index contributed by atoms with van der Waals surface area (Å²) in [6.07, 6.45) is 10.2. The maximum absolute atomic E-state index is 2.57. The Morgan fingerprint density at radius 1 is 0.842 bits per heavy atom. The Kier molecular flexibility index (Phi) is 5.96. The topological polar surface area (TPSA) is 0 Å². The predicted molar refractivity (Wildman–Crippen MR) is 87.4 cm³/mol. The van der Waals surface area contributed by atoms with Crippen LogP contribution in [-0.2, 0) is 0 Å². The molecule has 1 saturated carbocycles. The molecule has 0 amide bonds. The maximum Gasteiger partial charge on any atom is -0.0293 e. The molecule has 19 heavy (non-hydrogen) atoms. The molecule has 0 heteroatoms. The van der Waals surface area contributed by atoms with Gasteiger partial charge in [-0.15, -0.1) is 0 Å². The molecule has 1 fully saturated rings. The molecule has 0 aromatic carbocycles. The highest BCUT2D eigenvalue weighted by atomic mass is 14.5. The zero-order chi connectivity index (χ0) is 14.7. The summed E-state index contributed by atoms with van der Waals surface area (Å²) in [4.78, 5) is 0. The fourth-order valence-corrected chi connectivity index (χ4v) is 4.55. The van der Waals surface area contributed by atoms with Gasteiger partial charge in [0.05, 0.1) is 0 Å². The summed E-state index contributed by atoms with van der Waals surface area (Å²) in [6.45, 7) is 17.3. The molecule has 0 saturated heterocycles. The van der Waals surface area contributed by atoms with Gasteiger partial charge in [-0.3, -0.25) is 0 Å². The van der Waals surface area contributed by atoms with Crippen molar-refractivity contribution in [3.05, 3.63) is 0 Å². The highest BCUT2D eigenvalue weighted by molar-refractivity contribution is 4.92. The average Bonchev–Trinajstić information content (AvgIpc) is 2.52. The molecule has 1 atom stereocenters. The zero-order valence-electron chi connectivity index (χ0n) is 14.7. The number of hydrogen-bond acceptors (Lipinski definition) is 0. The summed E-state index contributed by atoms with van der Waals surface area (Å²) in [7, 11) is 0. The fraction of sp³-hybridized carbons (Fsp3) is 1.00. The molecular formula is C19H38. The molecule has 0 radical (unpaired) electrons. The third kappa shape index (κ3) is 4.80. The van der Waals surface area contributed by atoms with Gasteiger partial charge in [0.15, 0.2) is 0 Å². The molecule has 0 nitrogen and oxygen atoms in total. The van der Waals surface area contributed by atoms with Crippen LogP contribution in [0.2, 0.25) is 0 Å². The van der Waals surface area contributed by atoms with Gasteiger partial charge in [0.2, 0.25) is 0 Å². The van der Waals surface area contributed by atoms with Crippen LogP contribution in [0.15, 0.2) is 0 Å². The predicted octanol–water partition coefficient (Wildman–Crippen LogP) is 6.69. The first-order valence-corrected chi connectivity index (χ1v) is 8.65. The number of hydrogen-bond donors (Lipinski definition) is 0. The van der Waals surface area contributed by atoms with E-state index in [1.165, 1.54) is 44.9 Å². The smallest absolute Gasteiger partial charge is 0.0293 e. The first-order valence-electron chi connectivity index (χ1n) is 8.65. The van der Waals surface area contributed by atoms with Crippen LogP contribution in [0, 0.1) is 28.6 Å². The van der Waals surface area contributed by atoms with Crippen LogP contribution in [0.3, 0.4) is 0 Å². The van der Waals surface area contributed by atoms with E-state index in [9.17, 15) is 0 Å². The van der Waals surface area contributed by atoms with Gasteiger partial charge >= 0.3 is 0 Å². The van der Waals surface area contributed by atoms with Crippen molar-refractivity contribution in [3.63, 3.8) is 0 Å². The Morgan fingerprint density at radius 2 is 1.32 bits per heavy atom. The lowest BCUT2D eigenvalue weighted by Gasteiger charge is -2.48. The lowest BCUT2D eigenvalue weighted by molar-refractivity contribution is 0.00988. The summed E-state index contributed by atoms with van der Waals surface area (Å²) in [5.74, 6) is 2.59. The standard InChI is InChI=1S/C19H38/c1-15(2)14-17(18(3,4)5)19(6,7)16-12-10-8-9-11-13-16/h15-17H,8-14H2,1-7H3. The highest BCUT2D eigenvalue weighted by Gasteiger charge is 2.42. The summed E-state index contributed by atoms with van der Waals surface area (Å²) in [5.41, 5.74) is 0.924. The summed E-state index contributed by atoms with van der Waals surface area (Å²) < 4.78 is 0. The van der Waals surface area contributed by atoms with Gasteiger partial charge in [0, 0.05) is 0 Å². The first kappa shape index (κ1) is 17.1. The van der Waals surface area contributed by atoms with E-state index >= 15 is 0 Å². The van der Waals surface area contributed by atoms with Gasteiger partial charge in [0.25, 0.3) is 0 Å². The molecule has 1 aliphatic rings. The molecule has 0 aromatic rings. The van der Waals surface area contributed by atoms with Crippen molar-refractivity contribution < 1.29 is 0 Å². The Labute approximate surface area is 122 Å². The largest absolute Gasteiger partial charge is 0.0628 e. The number of rotatable bonds is 4. The minimum Gasteiger partial charge on any atom is -0.0628 e. The average molecular weight is 267 g/mol. The van der Waals surface area contributed by atoms with Crippen molar-refractivity contribution in [3.8, 4) is 0 Å². The van der Waals surface area contributed by atoms with Crippen molar-refractivity contribution in [2.45, 2.75) is 93.4 Å². The summed E-state index contributed by atoms with van der Waals surface area (Å²) >= 11 is 0. The molecule has 1 unspecified atom stereocenters. The van der Waals surface area contributed by atoms with E-state index < -0.39 is 0 Å². The molecule has 0 aromatic heterocycles. The molecule has 1 aliphatic carbocycles. The summed E-state index contributed by atoms with van der Waals surface area (Å²) in [5, 5.41) is 0. The van der Waals surface area contributed by atoms with Crippen LogP contribution in [0.5, 0.6) is 0 Å². The SMILES string of the molecule is CC(C)CC(C(C)(C)C)C(C)(C)C1CCCCCC1. The van der Waals surface area contributed by atoms with E-state index in [1.807, 2.05) is 0 Å². The van der Waals surface area contributed by atoms with E-state index in [0.717, 1.165) is 17.8 Å². The minimum absolute atomic E-state index is 0.431. The van der Waals surface area contributed by atoms with Gasteiger partial charge in [-0.25, -0.2) is 0 Å². The van der Waals surface area contributed by atoms with Gasteiger partial charge < -0.3 is 0 Å². The van der Waals surface area contributed by atoms with Gasteiger partial charge in [-0.1, -0.05) is 74.1 Å². The van der Waals surface area contributed by atoms with Gasteiger partial charge in [0.1, 0.15) is 0 Å². The minimum atomic E-state index is 0.431. The Morgan fingerprint density at radius 3 is 1.68 bits per heavy atom. The zero-order valence-corrected chi connectivity index (χ0v) is 14.7. The van der Waals surface area contributed by atoms with Gasteiger partial charge in [-0.2, -0.15) is 0 Å². The van der Waals surface area contributed by atoms with Crippen LogP contribution in [0.4, 0.5) is 0 Å². The summed E-state index contributed by atoms with van der Waals surface area (Å²) in [6, 6.07) is 0. The molecule has 0 aliphatic heterocycles. The second-order valence-corrected chi connectivity index (χ2v) is 9.06. The third-order valence-electron chi connectivity index (χ3n) is 5.56. The molecule has 0 spiro atoms. The normalized spacial score (nSPS) is 21.5. The van der Waals surface area contributed by atoms with E-state index in [1.54, 1.807) is 0 Å². The second-order valence-electron chi connectivity index (χ2n) is 9.06. The Bertz CT molecular complexity index is 246. The second kappa shape index (κ2) is 6.64. The van der Waals surface area contributed by atoms with E-state index in [-0.39, 0.29) is 0 Å². The lowest BCUT2D eigenvalue weighted by atomic mass is 9.57. The van der Waals surface area contributed by atoms with Crippen LogP contribution < -0.4 is 0 Å². The van der Waals surface area contributed by atoms with E-state index in [2.05, 4.69) is 48.5 Å². The van der Waals surface area contributed by atoms with Crippen molar-refractivity contribution in [1.29, 1.82) is 0 Å². The van der Waals surface area contributed by atoms with Crippen LogP contribution >= 0.6 is 0 Å². The molecule has 0 N–H and O–H groups in total. The van der Waals surface area contributed by atoms with Crippen LogP contribution in [0.25, 0.3) is 0 Å². The Balaban J connectivity index is 2.89. The molecule has 1 rings (SSSR count). The third-order valence-corrected chi connectivity index (χ3v) is 5.56. The van der Waals surface area contributed by atoms with Crippen molar-refractivity contribution in [2.24, 2.45) is 28.6 Å². The van der Waals surface area contributed by atoms with Crippen LogP contribution in [-0.4, -0.2) is 0 Å². The maximum atomic E-state index is 2.57. The molecule has 0 bridgehead atoms.